The van der Waals surface area contributed by atoms with Crippen molar-refractivity contribution in [3.8, 4) is 33.5 Å². The second-order valence-corrected chi connectivity index (χ2v) is 9.25. The molecule has 0 bridgehead atoms. The molecule has 0 saturated heterocycles. The van der Waals surface area contributed by atoms with Crippen molar-refractivity contribution in [1.29, 1.82) is 0 Å². The van der Waals surface area contributed by atoms with E-state index in [0.29, 0.717) is 0 Å². The summed E-state index contributed by atoms with van der Waals surface area (Å²) in [7, 11) is 0. The lowest BCUT2D eigenvalue weighted by molar-refractivity contribution is 0.670. The molecular weight excluding hydrogens is 438 g/mol. The highest BCUT2D eigenvalue weighted by Crippen LogP contribution is 2.37. The zero-order valence-electron chi connectivity index (χ0n) is 19.9. The maximum Gasteiger partial charge on any atom is 0.144 e. The van der Waals surface area contributed by atoms with E-state index in [-0.39, 0.29) is 0 Å². The topological polar surface area (TPSA) is 26.0 Å². The van der Waals surface area contributed by atoms with Gasteiger partial charge in [0, 0.05) is 22.5 Å². The fraction of sp³-hybridized carbons (Fsp3) is 0.0294. The monoisotopic (exact) mass is 461 g/mol. The fourth-order valence-electron chi connectivity index (χ4n) is 5.30. The molecule has 0 aliphatic carbocycles. The minimum Gasteiger partial charge on any atom is -0.455 e. The molecule has 2 aromatic heterocycles. The Morgan fingerprint density at radius 3 is 2.31 bits per heavy atom. The van der Waals surface area contributed by atoms with Gasteiger partial charge in [-0.15, -0.1) is 0 Å². The average molecular weight is 462 g/mol. The van der Waals surface area contributed by atoms with Crippen molar-refractivity contribution in [2.45, 2.75) is 6.92 Å². The first-order valence-electron chi connectivity index (χ1n) is 12.2. The zero-order chi connectivity index (χ0) is 24.1. The van der Waals surface area contributed by atoms with Crippen LogP contribution in [-0.2, 0) is 0 Å². The van der Waals surface area contributed by atoms with E-state index in [1.54, 1.807) is 0 Å². The molecule has 0 saturated carbocycles. The van der Waals surface area contributed by atoms with E-state index in [4.69, 9.17) is 9.40 Å². The summed E-state index contributed by atoms with van der Waals surface area (Å²) >= 11 is 0. The Balaban J connectivity index is 1.34. The molecule has 0 unspecified atom stereocenters. The van der Waals surface area contributed by atoms with Gasteiger partial charge in [0.05, 0.1) is 5.69 Å². The molecule has 170 valence electrons. The lowest BCUT2D eigenvalue weighted by Gasteiger charge is -2.12. The van der Waals surface area contributed by atoms with Crippen LogP contribution in [-0.4, -0.2) is 4.98 Å². The van der Waals surface area contributed by atoms with Gasteiger partial charge >= 0.3 is 0 Å². The molecule has 5 aromatic carbocycles. The van der Waals surface area contributed by atoms with Crippen molar-refractivity contribution in [1.82, 2.24) is 4.98 Å². The largest absolute Gasteiger partial charge is 0.455 e. The SMILES string of the molecule is Cc1c(-c2ccnc(-c3cccc4c3oc3ccccc34)c2)ccc2cc(-c3ccccc3)ccc12. The normalized spacial score (nSPS) is 11.5. The summed E-state index contributed by atoms with van der Waals surface area (Å²) in [4.78, 5) is 4.73. The third-order valence-electron chi connectivity index (χ3n) is 7.15. The van der Waals surface area contributed by atoms with Gasteiger partial charge in [-0.05, 0) is 75.8 Å². The predicted molar refractivity (Wildman–Crippen MR) is 150 cm³/mol. The Kier molecular flexibility index (Phi) is 4.71. The number of hydrogen-bond acceptors (Lipinski definition) is 2. The molecule has 0 radical (unpaired) electrons. The zero-order valence-corrected chi connectivity index (χ0v) is 19.9. The van der Waals surface area contributed by atoms with E-state index in [2.05, 4.69) is 104 Å². The molecule has 7 rings (SSSR count). The fourth-order valence-corrected chi connectivity index (χ4v) is 5.30. The number of aryl methyl sites for hydroxylation is 1. The van der Waals surface area contributed by atoms with Gasteiger partial charge in [-0.25, -0.2) is 0 Å². The molecule has 0 amide bonds. The summed E-state index contributed by atoms with van der Waals surface area (Å²) in [6, 6.07) is 40.5. The molecule has 0 aliphatic rings. The number of hydrogen-bond donors (Lipinski definition) is 0. The number of benzene rings is 5. The molecular formula is C34H23NO. The maximum atomic E-state index is 6.27. The Hall–Kier alpha value is -4.69. The van der Waals surface area contributed by atoms with E-state index in [0.717, 1.165) is 38.8 Å². The van der Waals surface area contributed by atoms with Gasteiger partial charge in [0.15, 0.2) is 0 Å². The van der Waals surface area contributed by atoms with Crippen molar-refractivity contribution in [2.75, 3.05) is 0 Å². The van der Waals surface area contributed by atoms with Gasteiger partial charge in [0.25, 0.3) is 0 Å². The predicted octanol–water partition coefficient (Wildman–Crippen LogP) is 9.44. The van der Waals surface area contributed by atoms with Crippen LogP contribution < -0.4 is 0 Å². The van der Waals surface area contributed by atoms with Gasteiger partial charge in [0.1, 0.15) is 11.2 Å². The van der Waals surface area contributed by atoms with Crippen LogP contribution in [0.15, 0.2) is 126 Å². The summed E-state index contributed by atoms with van der Waals surface area (Å²) in [5, 5.41) is 4.76. The first-order chi connectivity index (χ1) is 17.8. The summed E-state index contributed by atoms with van der Waals surface area (Å²) in [5.41, 5.74) is 9.82. The van der Waals surface area contributed by atoms with Gasteiger partial charge < -0.3 is 4.42 Å². The van der Waals surface area contributed by atoms with E-state index in [1.165, 1.54) is 33.0 Å². The molecule has 36 heavy (non-hydrogen) atoms. The van der Waals surface area contributed by atoms with E-state index in [9.17, 15) is 0 Å². The van der Waals surface area contributed by atoms with Crippen molar-refractivity contribution in [3.05, 3.63) is 127 Å². The standard InChI is InChI=1S/C34H23NO/c1-22-27-16-14-24(23-8-3-2-4-9-23)20-25(27)15-17-28(22)26-18-19-35-32(21-26)31-12-7-11-30-29-10-5-6-13-33(29)36-34(30)31/h2-21H,1H3. The quantitative estimate of drug-likeness (QED) is 0.262. The Labute approximate surface area is 209 Å². The van der Waals surface area contributed by atoms with Crippen LogP contribution in [0.2, 0.25) is 0 Å². The number of nitrogens with zero attached hydrogens (tertiary/aromatic N) is 1. The summed E-state index contributed by atoms with van der Waals surface area (Å²) in [6.45, 7) is 2.21. The first-order valence-corrected chi connectivity index (χ1v) is 12.2. The van der Waals surface area contributed by atoms with E-state index < -0.39 is 0 Å². The van der Waals surface area contributed by atoms with E-state index >= 15 is 0 Å². The van der Waals surface area contributed by atoms with Crippen LogP contribution in [0.25, 0.3) is 66.2 Å². The minimum absolute atomic E-state index is 0.882. The van der Waals surface area contributed by atoms with Crippen LogP contribution in [0.1, 0.15) is 5.56 Å². The molecule has 2 nitrogen and oxygen atoms in total. The molecule has 2 heterocycles. The highest BCUT2D eigenvalue weighted by atomic mass is 16.3. The second kappa shape index (κ2) is 8.21. The van der Waals surface area contributed by atoms with Gasteiger partial charge in [0.2, 0.25) is 0 Å². The van der Waals surface area contributed by atoms with Gasteiger partial charge in [-0.3, -0.25) is 4.98 Å². The van der Waals surface area contributed by atoms with Crippen molar-refractivity contribution in [3.63, 3.8) is 0 Å². The summed E-state index contributed by atoms with van der Waals surface area (Å²) in [6.07, 6.45) is 1.90. The van der Waals surface area contributed by atoms with Crippen molar-refractivity contribution < 1.29 is 4.42 Å². The second-order valence-electron chi connectivity index (χ2n) is 9.25. The van der Waals surface area contributed by atoms with E-state index in [1.807, 2.05) is 24.4 Å². The highest BCUT2D eigenvalue weighted by molar-refractivity contribution is 6.09. The van der Waals surface area contributed by atoms with Gasteiger partial charge in [-0.2, -0.15) is 0 Å². The molecule has 0 fully saturated rings. The average Bonchev–Trinajstić information content (AvgIpc) is 3.33. The Morgan fingerprint density at radius 2 is 1.39 bits per heavy atom. The third-order valence-corrected chi connectivity index (χ3v) is 7.15. The molecule has 7 aromatic rings. The van der Waals surface area contributed by atoms with Crippen LogP contribution in [0, 0.1) is 6.92 Å². The van der Waals surface area contributed by atoms with Crippen LogP contribution in [0.3, 0.4) is 0 Å². The molecule has 0 N–H and O–H groups in total. The van der Waals surface area contributed by atoms with Crippen LogP contribution >= 0.6 is 0 Å². The van der Waals surface area contributed by atoms with Gasteiger partial charge in [-0.1, -0.05) is 84.9 Å². The number of aromatic nitrogens is 1. The lowest BCUT2D eigenvalue weighted by Crippen LogP contribution is -1.90. The van der Waals surface area contributed by atoms with Crippen LogP contribution in [0.4, 0.5) is 0 Å². The summed E-state index contributed by atoms with van der Waals surface area (Å²) in [5.74, 6) is 0. The van der Waals surface area contributed by atoms with Crippen molar-refractivity contribution in [2.24, 2.45) is 0 Å². The highest BCUT2D eigenvalue weighted by Gasteiger charge is 2.14. The number of furan rings is 1. The number of para-hydroxylation sites is 2. The summed E-state index contributed by atoms with van der Waals surface area (Å²) < 4.78 is 6.27. The number of rotatable bonds is 3. The smallest absolute Gasteiger partial charge is 0.144 e. The molecule has 0 atom stereocenters. The third kappa shape index (κ3) is 3.30. The molecule has 2 heteroatoms. The number of fused-ring (bicyclic) bond motifs is 4. The lowest BCUT2D eigenvalue weighted by atomic mass is 9.93. The van der Waals surface area contributed by atoms with Crippen molar-refractivity contribution >= 4 is 32.7 Å². The van der Waals surface area contributed by atoms with Crippen LogP contribution in [0.5, 0.6) is 0 Å². The number of pyridine rings is 1. The minimum atomic E-state index is 0.882. The Morgan fingerprint density at radius 1 is 0.556 bits per heavy atom. The maximum absolute atomic E-state index is 6.27. The molecule has 0 aliphatic heterocycles. The first kappa shape index (κ1) is 20.7. The Bertz CT molecular complexity index is 1900. The molecule has 0 spiro atoms.